The summed E-state index contributed by atoms with van der Waals surface area (Å²) in [6, 6.07) is 0. The van der Waals surface area contributed by atoms with Gasteiger partial charge in [0.25, 0.3) is 0 Å². The molecule has 2 aliphatic carbocycles. The zero-order valence-electron chi connectivity index (χ0n) is 17.3. The molecule has 0 radical (unpaired) electrons. The van der Waals surface area contributed by atoms with E-state index in [1.807, 2.05) is 0 Å². The fourth-order valence-electron chi connectivity index (χ4n) is 5.33. The quantitative estimate of drug-likeness (QED) is 0.396. The van der Waals surface area contributed by atoms with Gasteiger partial charge in [-0.1, -0.05) is 18.2 Å². The number of hydrogen-bond acceptors (Lipinski definition) is 6. The Morgan fingerprint density at radius 2 is 1.93 bits per heavy atom. The Kier molecular flexibility index (Phi) is 5.39. The van der Waals surface area contributed by atoms with Gasteiger partial charge in [-0.15, -0.1) is 0 Å². The summed E-state index contributed by atoms with van der Waals surface area (Å²) in [4.78, 5) is 48.0. The largest absolute Gasteiger partial charge is 0.478 e. The molecule has 30 heavy (non-hydrogen) atoms. The normalized spacial score (nSPS) is 35.8. The van der Waals surface area contributed by atoms with Gasteiger partial charge < -0.3 is 19.7 Å². The van der Waals surface area contributed by atoms with E-state index in [0.29, 0.717) is 12.8 Å². The lowest BCUT2D eigenvalue weighted by molar-refractivity contribution is -0.235. The first-order valence-corrected chi connectivity index (χ1v) is 9.92. The molecule has 8 nitrogen and oxygen atoms in total. The predicted molar refractivity (Wildman–Crippen MR) is 104 cm³/mol. The second-order valence-corrected chi connectivity index (χ2v) is 8.48. The molecule has 2 N–H and O–H groups in total. The van der Waals surface area contributed by atoms with Crippen molar-refractivity contribution in [2.45, 2.75) is 64.1 Å². The van der Waals surface area contributed by atoms with Gasteiger partial charge in [0.15, 0.2) is 0 Å². The average molecular weight is 418 g/mol. The Labute approximate surface area is 174 Å². The number of carbonyl (C=O) groups is 4. The van der Waals surface area contributed by atoms with Crippen LogP contribution in [0.15, 0.2) is 35.5 Å². The van der Waals surface area contributed by atoms with Gasteiger partial charge >= 0.3 is 23.9 Å². The van der Waals surface area contributed by atoms with Gasteiger partial charge in [0.2, 0.25) is 0 Å². The van der Waals surface area contributed by atoms with Crippen molar-refractivity contribution in [3.05, 3.63) is 35.5 Å². The highest BCUT2D eigenvalue weighted by Gasteiger charge is 2.74. The number of hydrogen-bond donors (Lipinski definition) is 2. The molecular formula is C22H26O8. The van der Waals surface area contributed by atoms with Crippen molar-refractivity contribution in [3.8, 4) is 0 Å². The highest BCUT2D eigenvalue weighted by atomic mass is 16.6. The predicted octanol–water partition coefficient (Wildman–Crippen LogP) is 2.78. The molecule has 2 bridgehead atoms. The van der Waals surface area contributed by atoms with Gasteiger partial charge in [-0.2, -0.15) is 0 Å². The Hall–Kier alpha value is -2.90. The van der Waals surface area contributed by atoms with E-state index in [1.165, 1.54) is 26.0 Å². The van der Waals surface area contributed by atoms with Crippen LogP contribution in [0.5, 0.6) is 0 Å². The van der Waals surface area contributed by atoms with E-state index in [4.69, 9.17) is 14.6 Å². The van der Waals surface area contributed by atoms with Crippen molar-refractivity contribution in [2.24, 2.45) is 11.3 Å². The smallest absolute Gasteiger partial charge is 0.331 e. The molecule has 8 heteroatoms. The van der Waals surface area contributed by atoms with E-state index in [9.17, 15) is 24.3 Å². The Morgan fingerprint density at radius 1 is 1.23 bits per heavy atom. The third kappa shape index (κ3) is 3.24. The number of carbonyl (C=O) groups excluding carboxylic acids is 2. The van der Waals surface area contributed by atoms with Crippen LogP contribution in [0.25, 0.3) is 0 Å². The van der Waals surface area contributed by atoms with Crippen LogP contribution in [-0.2, 0) is 28.7 Å². The molecule has 1 saturated heterocycles. The van der Waals surface area contributed by atoms with E-state index in [0.717, 1.165) is 0 Å². The molecule has 0 aromatic heterocycles. The Balaban J connectivity index is 2.08. The molecule has 0 aromatic carbocycles. The maximum Gasteiger partial charge on any atom is 0.331 e. The van der Waals surface area contributed by atoms with E-state index in [2.05, 4.69) is 0 Å². The maximum atomic E-state index is 13.3. The van der Waals surface area contributed by atoms with Crippen molar-refractivity contribution in [1.29, 1.82) is 0 Å². The molecule has 0 amide bonds. The standard InChI is InChI=1S/C22H26O8/c1-13(17(24)25)5-4-9-20(3)16-8-11-21(19(28)30-20)10-6-15(18(26)27)7-12-22(16,21)29-14(2)23/h4-6,9,16H,7-8,10-12H2,1-3H3,(H,24,25)(H,26,27)/b9-4+,13-5+/t16-,20+,21+,22-/m0/s1. The highest BCUT2D eigenvalue weighted by molar-refractivity contribution is 5.88. The summed E-state index contributed by atoms with van der Waals surface area (Å²) in [6.45, 7) is 4.45. The molecule has 1 aliphatic heterocycles. The van der Waals surface area contributed by atoms with Gasteiger partial charge in [-0.3, -0.25) is 9.59 Å². The van der Waals surface area contributed by atoms with Crippen molar-refractivity contribution >= 4 is 23.9 Å². The van der Waals surface area contributed by atoms with Crippen LogP contribution < -0.4 is 0 Å². The van der Waals surface area contributed by atoms with Crippen LogP contribution >= 0.6 is 0 Å². The summed E-state index contributed by atoms with van der Waals surface area (Å²) in [6.07, 6.45) is 7.60. The average Bonchev–Trinajstić information content (AvgIpc) is 2.78. The third-order valence-corrected chi connectivity index (χ3v) is 6.80. The summed E-state index contributed by atoms with van der Waals surface area (Å²) in [5, 5.41) is 18.5. The molecule has 0 aromatic rings. The number of carboxylic acids is 2. The highest BCUT2D eigenvalue weighted by Crippen LogP contribution is 2.65. The molecule has 0 unspecified atom stereocenters. The van der Waals surface area contributed by atoms with Crippen LogP contribution in [0.1, 0.15) is 52.9 Å². The molecule has 1 heterocycles. The molecule has 162 valence electrons. The number of cyclic esters (lactones) is 1. The molecule has 1 saturated carbocycles. The molecule has 4 atom stereocenters. The summed E-state index contributed by atoms with van der Waals surface area (Å²) in [5.41, 5.74) is -3.12. The second-order valence-electron chi connectivity index (χ2n) is 8.48. The zero-order chi connectivity index (χ0) is 22.3. The van der Waals surface area contributed by atoms with Gasteiger partial charge in [0, 0.05) is 24.0 Å². The van der Waals surface area contributed by atoms with Gasteiger partial charge in [-0.05, 0) is 52.0 Å². The third-order valence-electron chi connectivity index (χ3n) is 6.80. The van der Waals surface area contributed by atoms with Crippen LogP contribution in [0.3, 0.4) is 0 Å². The van der Waals surface area contributed by atoms with Crippen LogP contribution in [0.2, 0.25) is 0 Å². The van der Waals surface area contributed by atoms with Crippen molar-refractivity contribution in [2.75, 3.05) is 0 Å². The fourth-order valence-corrected chi connectivity index (χ4v) is 5.33. The van der Waals surface area contributed by atoms with Gasteiger partial charge in [-0.25, -0.2) is 9.59 Å². The first-order chi connectivity index (χ1) is 14.0. The first kappa shape index (κ1) is 21.8. The zero-order valence-corrected chi connectivity index (χ0v) is 17.3. The van der Waals surface area contributed by atoms with E-state index in [1.54, 1.807) is 19.1 Å². The summed E-state index contributed by atoms with van der Waals surface area (Å²) in [7, 11) is 0. The SMILES string of the molecule is CC(=O)O[C@]12CCC(C(=O)O)=CC[C@]13CC[C@H]2[C@@](C)(/C=C/C=C(\C)C(=O)O)OC3=O. The van der Waals surface area contributed by atoms with Crippen molar-refractivity contribution in [1.82, 2.24) is 0 Å². The van der Waals surface area contributed by atoms with Crippen LogP contribution in [0.4, 0.5) is 0 Å². The lowest BCUT2D eigenvalue weighted by atomic mass is 9.62. The monoisotopic (exact) mass is 418 g/mol. The van der Waals surface area contributed by atoms with E-state index < -0.39 is 40.5 Å². The summed E-state index contributed by atoms with van der Waals surface area (Å²) < 4.78 is 11.7. The lowest BCUT2D eigenvalue weighted by Crippen LogP contribution is -2.65. The summed E-state index contributed by atoms with van der Waals surface area (Å²) in [5.74, 6) is -3.55. The molecular weight excluding hydrogens is 392 g/mol. The lowest BCUT2D eigenvalue weighted by Gasteiger charge is -2.54. The Bertz CT molecular complexity index is 897. The van der Waals surface area contributed by atoms with Gasteiger partial charge in [0.1, 0.15) is 16.6 Å². The van der Waals surface area contributed by atoms with Gasteiger partial charge in [0.05, 0.1) is 0 Å². The molecule has 2 fully saturated rings. The maximum absolute atomic E-state index is 13.3. The van der Waals surface area contributed by atoms with Crippen molar-refractivity contribution < 1.29 is 38.9 Å². The number of allylic oxidation sites excluding steroid dienone is 3. The number of esters is 2. The van der Waals surface area contributed by atoms with E-state index >= 15 is 0 Å². The summed E-state index contributed by atoms with van der Waals surface area (Å²) >= 11 is 0. The minimum Gasteiger partial charge on any atom is -0.478 e. The number of aliphatic carboxylic acids is 2. The molecule has 3 aliphatic rings. The number of ether oxygens (including phenoxy) is 2. The minimum atomic E-state index is -1.19. The van der Waals surface area contributed by atoms with Crippen LogP contribution in [0, 0.1) is 11.3 Å². The Morgan fingerprint density at radius 3 is 2.53 bits per heavy atom. The van der Waals surface area contributed by atoms with Crippen LogP contribution in [-0.4, -0.2) is 45.3 Å². The molecule has 3 rings (SSSR count). The topological polar surface area (TPSA) is 127 Å². The number of carboxylic acid groups (broad SMARTS) is 2. The first-order valence-electron chi connectivity index (χ1n) is 9.92. The van der Waals surface area contributed by atoms with E-state index in [-0.39, 0.29) is 36.3 Å². The number of rotatable bonds is 5. The fraction of sp³-hybridized carbons (Fsp3) is 0.545. The minimum absolute atomic E-state index is 0.122. The second kappa shape index (κ2) is 7.41. The van der Waals surface area contributed by atoms with Crippen molar-refractivity contribution in [3.63, 3.8) is 0 Å². The molecule has 0 spiro atoms.